The molecule has 0 radical (unpaired) electrons. The summed E-state index contributed by atoms with van der Waals surface area (Å²) in [6.07, 6.45) is 0. The summed E-state index contributed by atoms with van der Waals surface area (Å²) in [7, 11) is -9.30. The summed E-state index contributed by atoms with van der Waals surface area (Å²) in [5, 5.41) is 42.3. The fourth-order valence-electron chi connectivity index (χ4n) is 4.42. The second-order valence-corrected chi connectivity index (χ2v) is 13.1. The summed E-state index contributed by atoms with van der Waals surface area (Å²) in [6, 6.07) is 19.7. The van der Waals surface area contributed by atoms with Crippen LogP contribution in [0.4, 0.5) is 34.1 Å². The van der Waals surface area contributed by atoms with Gasteiger partial charge in [0.15, 0.2) is 0 Å². The quantitative estimate of drug-likeness (QED) is 0.0483. The van der Waals surface area contributed by atoms with Gasteiger partial charge in [-0.05, 0) is 114 Å². The Hall–Kier alpha value is -3.55. The van der Waals surface area contributed by atoms with Gasteiger partial charge in [0.05, 0.1) is 33.3 Å². The molecule has 0 fully saturated rings. The van der Waals surface area contributed by atoms with Crippen molar-refractivity contribution >= 4 is 71.0 Å². The van der Waals surface area contributed by atoms with Gasteiger partial charge in [0, 0.05) is 5.69 Å². The van der Waals surface area contributed by atoms with E-state index in [1.165, 1.54) is 60.7 Å². The van der Waals surface area contributed by atoms with E-state index in [1.54, 1.807) is 32.0 Å². The standard InChI is InChI=1S/C31H26N6O8S2.2Na/c1-17-13-23(34-35-27-12-9-24(14-18(27)2)46(40,41)42)8-11-26(17)36-37-29-28(47(43,44)45)16-20-15-22(7-10-25(20)30(29)38)33-31(39)19-3-5-21(32)6-4-19;;/h3-16,38H,32H2,1-2H3,(H,33,39)(H,40,41,42)(H,43,44,45);;/q;2*+1/p-2. The van der Waals surface area contributed by atoms with Gasteiger partial charge in [0.2, 0.25) is 0 Å². The second kappa shape index (κ2) is 16.0. The first kappa shape index (κ1) is 39.9. The van der Waals surface area contributed by atoms with Gasteiger partial charge in [-0.2, -0.15) is 32.2 Å². The Balaban J connectivity index is 0.00000325. The summed E-state index contributed by atoms with van der Waals surface area (Å²) < 4.78 is 66.4. The number of rotatable bonds is 8. The van der Waals surface area contributed by atoms with E-state index in [4.69, 9.17) is 5.73 Å². The topological polar surface area (TPSA) is 243 Å². The van der Waals surface area contributed by atoms with Crippen LogP contribution in [0.1, 0.15) is 16.7 Å². The predicted molar refractivity (Wildman–Crippen MR) is 171 cm³/mol. The smallest absolute Gasteiger partial charge is 0.871 e. The van der Waals surface area contributed by atoms with Crippen molar-refractivity contribution in [2.75, 3.05) is 5.73 Å². The Kier molecular flexibility index (Phi) is 13.0. The minimum atomic E-state index is -4.94. The zero-order valence-electron chi connectivity index (χ0n) is 26.6. The van der Waals surface area contributed by atoms with Crippen LogP contribution in [-0.4, -0.2) is 31.8 Å². The summed E-state index contributed by atoms with van der Waals surface area (Å²) in [6.45, 7) is 3.27. The molecular weight excluding hydrogens is 694 g/mol. The van der Waals surface area contributed by atoms with E-state index in [-0.39, 0.29) is 91.7 Å². The number of nitrogens with two attached hydrogens (primary N) is 1. The van der Waals surface area contributed by atoms with E-state index in [1.807, 2.05) is 0 Å². The largest absolute Gasteiger partial charge is 1.00 e. The van der Waals surface area contributed by atoms with Crippen molar-refractivity contribution in [1.82, 2.24) is 0 Å². The van der Waals surface area contributed by atoms with Gasteiger partial charge < -0.3 is 15.9 Å². The Morgan fingerprint density at radius 1 is 0.694 bits per heavy atom. The number of aryl methyl sites for hydroxylation is 2. The Morgan fingerprint density at radius 3 is 1.88 bits per heavy atom. The number of hydrogen-bond acceptors (Lipinski definition) is 12. The van der Waals surface area contributed by atoms with Crippen LogP contribution in [0.3, 0.4) is 0 Å². The van der Waals surface area contributed by atoms with Gasteiger partial charge >= 0.3 is 59.1 Å². The number of nitrogens with zero attached hydrogens (tertiary/aromatic N) is 5. The van der Waals surface area contributed by atoms with Crippen LogP contribution < -0.4 is 75.1 Å². The normalized spacial score (nSPS) is 12.3. The third-order valence-corrected chi connectivity index (χ3v) is 8.58. The van der Waals surface area contributed by atoms with Crippen molar-refractivity contribution in [3.8, 4) is 5.75 Å². The molecule has 0 bridgehead atoms. The molecule has 0 spiro atoms. The van der Waals surface area contributed by atoms with Crippen molar-refractivity contribution in [3.05, 3.63) is 102 Å². The van der Waals surface area contributed by atoms with Crippen molar-refractivity contribution < 1.29 is 95.3 Å². The van der Waals surface area contributed by atoms with Crippen LogP contribution in [0.25, 0.3) is 10.8 Å². The Labute approximate surface area is 325 Å². The van der Waals surface area contributed by atoms with Crippen LogP contribution in [0, 0.1) is 13.8 Å². The van der Waals surface area contributed by atoms with Crippen LogP contribution in [0.5, 0.6) is 5.75 Å². The van der Waals surface area contributed by atoms with E-state index in [2.05, 4.69) is 25.4 Å². The zero-order valence-corrected chi connectivity index (χ0v) is 32.2. The molecule has 0 amide bonds. The predicted octanol–water partition coefficient (Wildman–Crippen LogP) is -0.117. The summed E-state index contributed by atoms with van der Waals surface area (Å²) in [5.74, 6) is -1.41. The van der Waals surface area contributed by atoms with Gasteiger partial charge in [-0.3, -0.25) is 14.1 Å². The third kappa shape index (κ3) is 9.58. The van der Waals surface area contributed by atoms with Crippen LogP contribution in [0.15, 0.2) is 120 Å². The van der Waals surface area contributed by atoms with Gasteiger partial charge in [0.1, 0.15) is 4.90 Å². The molecule has 4 N–H and O–H groups in total. The third-order valence-electron chi connectivity index (χ3n) is 6.86. The first-order chi connectivity index (χ1) is 22.1. The Bertz CT molecular complexity index is 2370. The fraction of sp³-hybridized carbons (Fsp3) is 0.0645. The first-order valence-corrected chi connectivity index (χ1v) is 16.4. The average molecular weight is 719 g/mol. The van der Waals surface area contributed by atoms with Gasteiger partial charge in [-0.1, -0.05) is 23.9 Å². The molecule has 240 valence electrons. The van der Waals surface area contributed by atoms with Gasteiger partial charge in [-0.25, -0.2) is 0 Å². The van der Waals surface area contributed by atoms with Gasteiger partial charge in [-0.15, -0.1) is 5.11 Å². The molecular formula is C31H24N6Na2O8S2. The molecule has 0 aliphatic carbocycles. The molecule has 5 aromatic rings. The van der Waals surface area contributed by atoms with Crippen molar-refractivity contribution in [2.45, 2.75) is 23.6 Å². The molecule has 0 atom stereocenters. The SMILES string of the molecule is Cc1cc(S(=O)(=O)O)ccc1N=Nc1ccc(N=Nc2c(S(=O)(=O)O)cc3cc(N=C([O-])c4ccc(N)cc4)ccc3c2[O-])c(C)c1.[Na+].[Na+]. The number of anilines is 1. The molecule has 14 nitrogen and oxygen atoms in total. The molecule has 0 heterocycles. The first-order valence-electron chi connectivity index (χ1n) is 13.5. The van der Waals surface area contributed by atoms with E-state index in [9.17, 15) is 36.2 Å². The fourth-order valence-corrected chi connectivity index (χ4v) is 5.64. The van der Waals surface area contributed by atoms with E-state index in [0.29, 0.717) is 28.2 Å². The molecule has 18 heteroatoms. The molecule has 0 aromatic heterocycles. The summed E-state index contributed by atoms with van der Waals surface area (Å²) >= 11 is 0. The van der Waals surface area contributed by atoms with E-state index >= 15 is 0 Å². The molecule has 0 saturated heterocycles. The van der Waals surface area contributed by atoms with E-state index in [0.717, 1.165) is 6.07 Å². The molecule has 0 unspecified atom stereocenters. The zero-order chi connectivity index (χ0) is 34.1. The number of azo groups is 2. The van der Waals surface area contributed by atoms with Crippen molar-refractivity contribution in [1.29, 1.82) is 0 Å². The molecule has 49 heavy (non-hydrogen) atoms. The number of aliphatic imine (C=N–C) groups is 1. The molecule has 0 aliphatic heterocycles. The van der Waals surface area contributed by atoms with Crippen LogP contribution in [0.2, 0.25) is 0 Å². The maximum atomic E-state index is 13.4. The molecule has 5 rings (SSSR count). The van der Waals surface area contributed by atoms with Crippen molar-refractivity contribution in [3.63, 3.8) is 0 Å². The monoisotopic (exact) mass is 718 g/mol. The minimum Gasteiger partial charge on any atom is -0.871 e. The van der Waals surface area contributed by atoms with Crippen molar-refractivity contribution in [2.24, 2.45) is 25.4 Å². The summed E-state index contributed by atoms with van der Waals surface area (Å²) in [4.78, 5) is 2.96. The average Bonchev–Trinajstić information content (AvgIpc) is 3.00. The number of benzene rings is 5. The number of fused-ring (bicyclic) bond motifs is 1. The van der Waals surface area contributed by atoms with E-state index < -0.39 is 42.5 Å². The van der Waals surface area contributed by atoms with Crippen LogP contribution >= 0.6 is 0 Å². The molecule has 0 saturated carbocycles. The summed E-state index contributed by atoms with van der Waals surface area (Å²) in [5.41, 5.74) is 7.93. The number of nitrogen functional groups attached to an aromatic ring is 1. The molecule has 5 aromatic carbocycles. The van der Waals surface area contributed by atoms with Crippen LogP contribution in [-0.2, 0) is 20.2 Å². The maximum absolute atomic E-state index is 13.4. The minimum absolute atomic E-state index is 0. The Morgan fingerprint density at radius 2 is 1.29 bits per heavy atom. The maximum Gasteiger partial charge on any atom is 1.00 e. The number of hydrogen-bond donors (Lipinski definition) is 3. The second-order valence-electron chi connectivity index (χ2n) is 10.3. The molecule has 0 aliphatic rings. The van der Waals surface area contributed by atoms with Gasteiger partial charge in [0.25, 0.3) is 20.2 Å².